The van der Waals surface area contributed by atoms with E-state index in [1.807, 2.05) is 30.3 Å². The van der Waals surface area contributed by atoms with Gasteiger partial charge in [0.2, 0.25) is 0 Å². The number of carbonyl (C=O) groups excluding carboxylic acids is 3. The summed E-state index contributed by atoms with van der Waals surface area (Å²) in [6.07, 6.45) is 1.60. The van der Waals surface area contributed by atoms with Gasteiger partial charge in [0.05, 0.1) is 25.3 Å². The van der Waals surface area contributed by atoms with Crippen LogP contribution in [0.1, 0.15) is 31.2 Å². The molecule has 0 radical (unpaired) electrons. The Bertz CT molecular complexity index is 1030. The fourth-order valence-electron chi connectivity index (χ4n) is 2.58. The molecule has 3 rings (SSSR count). The van der Waals surface area contributed by atoms with Crippen molar-refractivity contribution in [1.29, 1.82) is 0 Å². The number of carbonyl (C=O) groups is 3. The zero-order chi connectivity index (χ0) is 21.5. The molecule has 1 amide bonds. The fraction of sp³-hybridized carbons (Fsp3) is 0.143. The van der Waals surface area contributed by atoms with Gasteiger partial charge < -0.3 is 19.5 Å². The Hall–Kier alpha value is -4.14. The smallest absolute Gasteiger partial charge is 0.337 e. The molecule has 0 saturated carbocycles. The lowest BCUT2D eigenvalue weighted by atomic mass is 10.1. The largest absolute Gasteiger partial charge is 0.471 e. The number of nitrogens with zero attached hydrogens (tertiary/aromatic N) is 2. The highest BCUT2D eigenvalue weighted by Crippen LogP contribution is 2.18. The maximum absolute atomic E-state index is 12.5. The van der Waals surface area contributed by atoms with E-state index in [9.17, 15) is 14.4 Å². The number of hydrogen-bond acceptors (Lipinski definition) is 7. The highest BCUT2D eigenvalue weighted by atomic mass is 16.5. The number of rotatable bonds is 7. The molecule has 0 fully saturated rings. The number of para-hydroxylation sites is 1. The summed E-state index contributed by atoms with van der Waals surface area (Å²) < 4.78 is 16.4. The highest BCUT2D eigenvalue weighted by molar-refractivity contribution is 6.04. The Kier molecular flexibility index (Phi) is 6.43. The maximum Gasteiger partial charge on any atom is 0.337 e. The number of esters is 2. The van der Waals surface area contributed by atoms with Crippen molar-refractivity contribution in [3.8, 4) is 5.75 Å². The third-order valence-electron chi connectivity index (χ3n) is 4.01. The van der Waals surface area contributed by atoms with E-state index in [1.165, 1.54) is 43.2 Å². The number of hydrogen-bond donors (Lipinski definition) is 1. The van der Waals surface area contributed by atoms with Crippen LogP contribution < -0.4 is 10.1 Å². The van der Waals surface area contributed by atoms with E-state index in [-0.39, 0.29) is 29.2 Å². The minimum Gasteiger partial charge on any atom is -0.471 e. The summed E-state index contributed by atoms with van der Waals surface area (Å²) in [5.74, 6) is -1.16. The van der Waals surface area contributed by atoms with Gasteiger partial charge in [-0.05, 0) is 36.4 Å². The van der Waals surface area contributed by atoms with Crippen LogP contribution in [0.4, 0.5) is 5.69 Å². The molecule has 0 unspecified atom stereocenters. The van der Waals surface area contributed by atoms with Gasteiger partial charge in [-0.15, -0.1) is 0 Å². The average Bonchev–Trinajstić information content (AvgIpc) is 3.26. The fourth-order valence-corrected chi connectivity index (χ4v) is 2.58. The lowest BCUT2D eigenvalue weighted by Crippen LogP contribution is -2.16. The zero-order valence-electron chi connectivity index (χ0n) is 16.3. The molecular formula is C21H19N3O6. The SMILES string of the molecule is COC(=O)c1cc(NC(=O)c2ccn(COc3ccccc3)n2)cc(C(=O)OC)c1. The highest BCUT2D eigenvalue weighted by Gasteiger charge is 2.16. The number of aromatic nitrogens is 2. The monoisotopic (exact) mass is 409 g/mol. The quantitative estimate of drug-likeness (QED) is 0.598. The summed E-state index contributed by atoms with van der Waals surface area (Å²) in [4.78, 5) is 36.3. The molecular weight excluding hydrogens is 390 g/mol. The predicted molar refractivity (Wildman–Crippen MR) is 106 cm³/mol. The second-order valence-electron chi connectivity index (χ2n) is 6.06. The molecule has 0 bridgehead atoms. The first-order valence-corrected chi connectivity index (χ1v) is 8.84. The van der Waals surface area contributed by atoms with E-state index in [0.29, 0.717) is 5.75 Å². The van der Waals surface area contributed by atoms with Crippen molar-refractivity contribution < 1.29 is 28.6 Å². The Balaban J connectivity index is 1.73. The zero-order valence-corrected chi connectivity index (χ0v) is 16.3. The third-order valence-corrected chi connectivity index (χ3v) is 4.01. The molecule has 0 atom stereocenters. The first-order valence-electron chi connectivity index (χ1n) is 8.84. The number of benzene rings is 2. The topological polar surface area (TPSA) is 109 Å². The Labute approximate surface area is 172 Å². The molecule has 0 spiro atoms. The molecule has 9 nitrogen and oxygen atoms in total. The van der Waals surface area contributed by atoms with Gasteiger partial charge in [-0.3, -0.25) is 4.79 Å². The van der Waals surface area contributed by atoms with Crippen LogP contribution in [-0.2, 0) is 16.2 Å². The standard InChI is InChI=1S/C21H19N3O6/c1-28-20(26)14-10-15(21(27)29-2)12-16(11-14)22-19(25)18-8-9-24(23-18)13-30-17-6-4-3-5-7-17/h3-12H,13H2,1-2H3,(H,22,25). The second kappa shape index (κ2) is 9.37. The summed E-state index contributed by atoms with van der Waals surface area (Å²) >= 11 is 0. The summed E-state index contributed by atoms with van der Waals surface area (Å²) in [7, 11) is 2.44. The van der Waals surface area contributed by atoms with Gasteiger partial charge in [0.1, 0.15) is 5.75 Å². The van der Waals surface area contributed by atoms with Crippen LogP contribution in [0.2, 0.25) is 0 Å². The van der Waals surface area contributed by atoms with Crippen LogP contribution in [0.15, 0.2) is 60.8 Å². The van der Waals surface area contributed by atoms with Crippen LogP contribution >= 0.6 is 0 Å². The third kappa shape index (κ3) is 5.02. The maximum atomic E-state index is 12.5. The molecule has 1 N–H and O–H groups in total. The minimum absolute atomic E-state index is 0.0949. The normalized spacial score (nSPS) is 10.2. The number of amides is 1. The van der Waals surface area contributed by atoms with Crippen LogP contribution in [-0.4, -0.2) is 41.8 Å². The van der Waals surface area contributed by atoms with E-state index < -0.39 is 17.8 Å². The van der Waals surface area contributed by atoms with Crippen molar-refractivity contribution in [3.05, 3.63) is 77.6 Å². The molecule has 3 aromatic rings. The molecule has 2 aromatic carbocycles. The van der Waals surface area contributed by atoms with Crippen molar-refractivity contribution in [2.24, 2.45) is 0 Å². The molecule has 0 saturated heterocycles. The summed E-state index contributed by atoms with van der Waals surface area (Å²) in [5, 5.41) is 6.78. The van der Waals surface area contributed by atoms with Crippen molar-refractivity contribution in [2.75, 3.05) is 19.5 Å². The molecule has 9 heteroatoms. The molecule has 0 aliphatic carbocycles. The number of anilines is 1. The lowest BCUT2D eigenvalue weighted by molar-refractivity contribution is 0.0599. The van der Waals surface area contributed by atoms with Crippen LogP contribution in [0.25, 0.3) is 0 Å². The summed E-state index contributed by atoms with van der Waals surface area (Å²) in [6, 6.07) is 14.8. The predicted octanol–water partition coefficient (Wildman–Crippen LogP) is 2.75. The van der Waals surface area contributed by atoms with Gasteiger partial charge in [0, 0.05) is 11.9 Å². The van der Waals surface area contributed by atoms with Crippen molar-refractivity contribution in [3.63, 3.8) is 0 Å². The Morgan fingerprint density at radius 1 is 0.933 bits per heavy atom. The van der Waals surface area contributed by atoms with Crippen LogP contribution in [0, 0.1) is 0 Å². The van der Waals surface area contributed by atoms with Gasteiger partial charge in [-0.1, -0.05) is 18.2 Å². The number of methoxy groups -OCH3 is 2. The van der Waals surface area contributed by atoms with E-state index >= 15 is 0 Å². The molecule has 0 aliphatic rings. The first-order chi connectivity index (χ1) is 14.5. The van der Waals surface area contributed by atoms with Crippen molar-refractivity contribution in [1.82, 2.24) is 9.78 Å². The van der Waals surface area contributed by atoms with E-state index in [1.54, 1.807) is 6.20 Å². The van der Waals surface area contributed by atoms with Crippen LogP contribution in [0.5, 0.6) is 5.75 Å². The lowest BCUT2D eigenvalue weighted by Gasteiger charge is -2.09. The van der Waals surface area contributed by atoms with Gasteiger partial charge in [0.25, 0.3) is 5.91 Å². The van der Waals surface area contributed by atoms with Gasteiger partial charge in [-0.25, -0.2) is 14.3 Å². The van der Waals surface area contributed by atoms with Gasteiger partial charge >= 0.3 is 11.9 Å². The molecule has 1 aromatic heterocycles. The Morgan fingerprint density at radius 3 is 2.17 bits per heavy atom. The molecule has 154 valence electrons. The van der Waals surface area contributed by atoms with Crippen molar-refractivity contribution in [2.45, 2.75) is 6.73 Å². The average molecular weight is 409 g/mol. The molecule has 0 aliphatic heterocycles. The van der Waals surface area contributed by atoms with E-state index in [2.05, 4.69) is 19.9 Å². The molecule has 1 heterocycles. The second-order valence-corrected chi connectivity index (χ2v) is 6.06. The first kappa shape index (κ1) is 20.6. The summed E-state index contributed by atoms with van der Waals surface area (Å²) in [5.41, 5.74) is 0.545. The van der Waals surface area contributed by atoms with E-state index in [0.717, 1.165) is 0 Å². The summed E-state index contributed by atoms with van der Waals surface area (Å²) in [6.45, 7) is 0.127. The van der Waals surface area contributed by atoms with Crippen LogP contribution in [0.3, 0.4) is 0 Å². The molecule has 30 heavy (non-hydrogen) atoms. The number of nitrogens with one attached hydrogen (secondary N) is 1. The Morgan fingerprint density at radius 2 is 1.57 bits per heavy atom. The van der Waals surface area contributed by atoms with E-state index in [4.69, 9.17) is 4.74 Å². The van der Waals surface area contributed by atoms with Gasteiger partial charge in [0.15, 0.2) is 12.4 Å². The minimum atomic E-state index is -0.654. The van der Waals surface area contributed by atoms with Crippen molar-refractivity contribution >= 4 is 23.5 Å². The van der Waals surface area contributed by atoms with Gasteiger partial charge in [-0.2, -0.15) is 5.10 Å². The number of ether oxygens (including phenoxy) is 3.